The molecule has 156 valence electrons. The van der Waals surface area contributed by atoms with E-state index in [-0.39, 0.29) is 11.8 Å². The molecule has 6 nitrogen and oxygen atoms in total. The molecule has 0 unspecified atom stereocenters. The van der Waals surface area contributed by atoms with Crippen molar-refractivity contribution in [2.24, 2.45) is 5.92 Å². The quantitative estimate of drug-likeness (QED) is 0.701. The number of aromatic nitrogens is 2. The Balaban J connectivity index is 1.47. The van der Waals surface area contributed by atoms with E-state index < -0.39 is 0 Å². The molecule has 0 radical (unpaired) electrons. The SMILES string of the molecule is COc1ccc2c(C)nc(N3CCC[C@H](C(=O)NCc4cccc(C)c4)C3)nc2c1. The number of hydrogen-bond donors (Lipinski definition) is 1. The van der Waals surface area contributed by atoms with E-state index in [1.54, 1.807) is 7.11 Å². The van der Waals surface area contributed by atoms with Crippen molar-refractivity contribution in [3.05, 3.63) is 59.3 Å². The zero-order chi connectivity index (χ0) is 21.1. The Bertz CT molecular complexity index is 1070. The number of nitrogens with one attached hydrogen (secondary N) is 1. The third-order valence-electron chi connectivity index (χ3n) is 5.71. The number of methoxy groups -OCH3 is 1. The van der Waals surface area contributed by atoms with Gasteiger partial charge in [-0.1, -0.05) is 29.8 Å². The maximum atomic E-state index is 12.8. The molecule has 1 saturated heterocycles. The summed E-state index contributed by atoms with van der Waals surface area (Å²) in [5.74, 6) is 1.50. The highest BCUT2D eigenvalue weighted by molar-refractivity contribution is 5.83. The van der Waals surface area contributed by atoms with Crippen molar-refractivity contribution >= 4 is 22.8 Å². The number of aryl methyl sites for hydroxylation is 2. The number of ether oxygens (including phenoxy) is 1. The molecule has 1 N–H and O–H groups in total. The Morgan fingerprint density at radius 3 is 2.87 bits per heavy atom. The maximum absolute atomic E-state index is 12.8. The van der Waals surface area contributed by atoms with Crippen molar-refractivity contribution in [3.63, 3.8) is 0 Å². The minimum Gasteiger partial charge on any atom is -0.497 e. The van der Waals surface area contributed by atoms with Crippen molar-refractivity contribution in [3.8, 4) is 5.75 Å². The lowest BCUT2D eigenvalue weighted by Crippen LogP contribution is -2.43. The fourth-order valence-corrected chi connectivity index (χ4v) is 4.05. The van der Waals surface area contributed by atoms with Crippen LogP contribution in [0.3, 0.4) is 0 Å². The zero-order valence-corrected chi connectivity index (χ0v) is 17.8. The Morgan fingerprint density at radius 1 is 1.20 bits per heavy atom. The third-order valence-corrected chi connectivity index (χ3v) is 5.71. The van der Waals surface area contributed by atoms with Gasteiger partial charge in [0.2, 0.25) is 11.9 Å². The van der Waals surface area contributed by atoms with E-state index in [1.165, 1.54) is 5.56 Å². The number of benzene rings is 2. The number of hydrogen-bond acceptors (Lipinski definition) is 5. The topological polar surface area (TPSA) is 67.3 Å². The molecular formula is C24H28N4O2. The average Bonchev–Trinajstić information content (AvgIpc) is 2.77. The van der Waals surface area contributed by atoms with Crippen LogP contribution in [0.4, 0.5) is 5.95 Å². The van der Waals surface area contributed by atoms with E-state index in [9.17, 15) is 4.79 Å². The van der Waals surface area contributed by atoms with Crippen molar-refractivity contribution in [1.29, 1.82) is 0 Å². The third kappa shape index (κ3) is 4.37. The number of piperidine rings is 1. The largest absolute Gasteiger partial charge is 0.497 e. The summed E-state index contributed by atoms with van der Waals surface area (Å²) in [5, 5.41) is 4.12. The van der Waals surface area contributed by atoms with Crippen LogP contribution in [0.5, 0.6) is 5.75 Å². The van der Waals surface area contributed by atoms with E-state index in [0.29, 0.717) is 19.0 Å². The molecule has 4 rings (SSSR count). The first-order valence-corrected chi connectivity index (χ1v) is 10.4. The van der Waals surface area contributed by atoms with E-state index in [0.717, 1.165) is 47.3 Å². The normalized spacial score (nSPS) is 16.5. The molecule has 1 aliphatic rings. The van der Waals surface area contributed by atoms with Crippen molar-refractivity contribution in [2.45, 2.75) is 33.2 Å². The summed E-state index contributed by atoms with van der Waals surface area (Å²) >= 11 is 0. The van der Waals surface area contributed by atoms with Gasteiger partial charge in [0, 0.05) is 31.1 Å². The van der Waals surface area contributed by atoms with Crippen molar-refractivity contribution < 1.29 is 9.53 Å². The minimum absolute atomic E-state index is 0.0616. The van der Waals surface area contributed by atoms with Gasteiger partial charge in [-0.3, -0.25) is 4.79 Å². The molecule has 1 atom stereocenters. The number of fused-ring (bicyclic) bond motifs is 1. The molecule has 1 aromatic heterocycles. The molecular weight excluding hydrogens is 376 g/mol. The van der Waals surface area contributed by atoms with Crippen LogP contribution in [-0.4, -0.2) is 36.1 Å². The highest BCUT2D eigenvalue weighted by Gasteiger charge is 2.27. The first-order valence-electron chi connectivity index (χ1n) is 10.4. The van der Waals surface area contributed by atoms with Gasteiger partial charge >= 0.3 is 0 Å². The van der Waals surface area contributed by atoms with Crippen LogP contribution in [0.15, 0.2) is 42.5 Å². The predicted octanol–water partition coefficient (Wildman–Crippen LogP) is 3.79. The zero-order valence-electron chi connectivity index (χ0n) is 17.8. The summed E-state index contributed by atoms with van der Waals surface area (Å²) in [6, 6.07) is 14.1. The highest BCUT2D eigenvalue weighted by Crippen LogP contribution is 2.26. The van der Waals surface area contributed by atoms with Gasteiger partial charge in [0.05, 0.1) is 24.2 Å². The van der Waals surface area contributed by atoms with Crippen LogP contribution in [0.2, 0.25) is 0 Å². The summed E-state index contributed by atoms with van der Waals surface area (Å²) in [6.07, 6.45) is 1.83. The van der Waals surface area contributed by atoms with Gasteiger partial charge in [0.1, 0.15) is 5.75 Å². The lowest BCUT2D eigenvalue weighted by atomic mass is 9.97. The average molecular weight is 405 g/mol. The molecule has 6 heteroatoms. The second kappa shape index (κ2) is 8.69. The van der Waals surface area contributed by atoms with Crippen LogP contribution in [0, 0.1) is 19.8 Å². The summed E-state index contributed by atoms with van der Waals surface area (Å²) in [6.45, 7) is 6.11. The van der Waals surface area contributed by atoms with E-state index in [4.69, 9.17) is 14.7 Å². The minimum atomic E-state index is -0.0616. The highest BCUT2D eigenvalue weighted by atomic mass is 16.5. The van der Waals surface area contributed by atoms with Crippen LogP contribution >= 0.6 is 0 Å². The van der Waals surface area contributed by atoms with Gasteiger partial charge in [-0.15, -0.1) is 0 Å². The second-order valence-corrected chi connectivity index (χ2v) is 7.98. The summed E-state index contributed by atoms with van der Waals surface area (Å²) in [5.41, 5.74) is 4.12. The smallest absolute Gasteiger partial charge is 0.226 e. The van der Waals surface area contributed by atoms with Gasteiger partial charge in [0.25, 0.3) is 0 Å². The van der Waals surface area contributed by atoms with E-state index >= 15 is 0 Å². The summed E-state index contributed by atoms with van der Waals surface area (Å²) in [4.78, 5) is 24.4. The number of amides is 1. The Labute approximate surface area is 177 Å². The van der Waals surface area contributed by atoms with Crippen LogP contribution in [-0.2, 0) is 11.3 Å². The number of rotatable bonds is 5. The van der Waals surface area contributed by atoms with Gasteiger partial charge in [-0.05, 0) is 44.4 Å². The lowest BCUT2D eigenvalue weighted by Gasteiger charge is -2.32. The molecule has 0 spiro atoms. The summed E-state index contributed by atoms with van der Waals surface area (Å²) < 4.78 is 5.34. The standard InChI is InChI=1S/C24H28N4O2/c1-16-6-4-7-18(12-16)14-25-23(29)19-8-5-11-28(15-19)24-26-17(2)21-10-9-20(30-3)13-22(21)27-24/h4,6-7,9-10,12-13,19H,5,8,11,14-15H2,1-3H3,(H,25,29)/t19-/m0/s1. The first-order chi connectivity index (χ1) is 14.5. The van der Waals surface area contributed by atoms with Crippen molar-refractivity contribution in [1.82, 2.24) is 15.3 Å². The molecule has 3 aromatic rings. The fraction of sp³-hybridized carbons (Fsp3) is 0.375. The van der Waals surface area contributed by atoms with Gasteiger partial charge in [0.15, 0.2) is 0 Å². The second-order valence-electron chi connectivity index (χ2n) is 7.98. The van der Waals surface area contributed by atoms with E-state index in [1.807, 2.05) is 37.3 Å². The Morgan fingerprint density at radius 2 is 2.07 bits per heavy atom. The van der Waals surface area contributed by atoms with Crippen LogP contribution < -0.4 is 15.0 Å². The molecule has 2 aromatic carbocycles. The molecule has 30 heavy (non-hydrogen) atoms. The van der Waals surface area contributed by atoms with Crippen LogP contribution in [0.25, 0.3) is 10.9 Å². The molecule has 0 aliphatic carbocycles. The molecule has 0 bridgehead atoms. The Hall–Kier alpha value is -3.15. The molecule has 1 aliphatic heterocycles. The van der Waals surface area contributed by atoms with E-state index in [2.05, 4.69) is 29.3 Å². The predicted molar refractivity (Wildman–Crippen MR) is 119 cm³/mol. The number of nitrogens with zero attached hydrogens (tertiary/aromatic N) is 3. The molecule has 1 fully saturated rings. The van der Waals surface area contributed by atoms with Gasteiger partial charge in [-0.2, -0.15) is 0 Å². The maximum Gasteiger partial charge on any atom is 0.226 e. The molecule has 1 amide bonds. The van der Waals surface area contributed by atoms with Crippen LogP contribution in [0.1, 0.15) is 29.7 Å². The first kappa shape index (κ1) is 20.1. The Kier molecular flexibility index (Phi) is 5.84. The van der Waals surface area contributed by atoms with Crippen molar-refractivity contribution in [2.75, 3.05) is 25.1 Å². The summed E-state index contributed by atoms with van der Waals surface area (Å²) in [7, 11) is 1.65. The number of anilines is 1. The van der Waals surface area contributed by atoms with Gasteiger partial charge in [-0.25, -0.2) is 9.97 Å². The molecule has 2 heterocycles. The lowest BCUT2D eigenvalue weighted by molar-refractivity contribution is -0.125. The number of carbonyl (C=O) groups is 1. The monoisotopic (exact) mass is 404 g/mol. The fourth-order valence-electron chi connectivity index (χ4n) is 4.05. The molecule has 0 saturated carbocycles. The number of carbonyl (C=O) groups excluding carboxylic acids is 1. The van der Waals surface area contributed by atoms with Gasteiger partial charge < -0.3 is 15.0 Å².